The van der Waals surface area contributed by atoms with Crippen LogP contribution in [0.25, 0.3) is 0 Å². The highest BCUT2D eigenvalue weighted by molar-refractivity contribution is 5.23. The van der Waals surface area contributed by atoms with Gasteiger partial charge in [0.05, 0.1) is 6.61 Å². The molecule has 0 saturated heterocycles. The van der Waals surface area contributed by atoms with Gasteiger partial charge in [-0.1, -0.05) is 36.4 Å². The molecule has 0 aliphatic heterocycles. The molecule has 0 heterocycles. The zero-order chi connectivity index (χ0) is 11.9. The molecule has 1 unspecified atom stereocenters. The molecule has 17 heavy (non-hydrogen) atoms. The van der Waals surface area contributed by atoms with Crippen LogP contribution in [0.4, 0.5) is 0 Å². The fourth-order valence-electron chi connectivity index (χ4n) is 2.23. The number of rotatable bonds is 5. The Balaban J connectivity index is 1.87. The maximum absolute atomic E-state index is 5.15. The van der Waals surface area contributed by atoms with Crippen molar-refractivity contribution >= 4 is 0 Å². The zero-order valence-electron chi connectivity index (χ0n) is 10.5. The predicted octanol–water partition coefficient (Wildman–Crippen LogP) is 3.03. The lowest BCUT2D eigenvalue weighted by Gasteiger charge is -2.18. The number of hydrogen-bond donors (Lipinski definition) is 1. The molecule has 0 spiro atoms. The van der Waals surface area contributed by atoms with Gasteiger partial charge in [-0.3, -0.25) is 0 Å². The SMILES string of the molecule is COCc1cccc(CNC2C=CCCC2)c1. The Kier molecular flexibility index (Phi) is 4.77. The fourth-order valence-corrected chi connectivity index (χ4v) is 2.23. The molecular weight excluding hydrogens is 210 g/mol. The molecular formula is C15H21NO. The van der Waals surface area contributed by atoms with E-state index in [0.717, 1.165) is 6.54 Å². The van der Waals surface area contributed by atoms with Crippen molar-refractivity contribution in [2.24, 2.45) is 0 Å². The van der Waals surface area contributed by atoms with E-state index in [1.54, 1.807) is 7.11 Å². The first-order chi connectivity index (χ1) is 8.38. The van der Waals surface area contributed by atoms with Crippen LogP contribution < -0.4 is 5.32 Å². The van der Waals surface area contributed by atoms with Crippen molar-refractivity contribution in [3.8, 4) is 0 Å². The Morgan fingerprint density at radius 1 is 1.35 bits per heavy atom. The molecule has 0 aromatic heterocycles. The molecule has 1 aliphatic carbocycles. The van der Waals surface area contributed by atoms with E-state index in [2.05, 4.69) is 41.7 Å². The van der Waals surface area contributed by atoms with Gasteiger partial charge in [0, 0.05) is 19.7 Å². The lowest BCUT2D eigenvalue weighted by atomic mass is 10.0. The minimum Gasteiger partial charge on any atom is -0.380 e. The summed E-state index contributed by atoms with van der Waals surface area (Å²) < 4.78 is 5.15. The molecule has 2 heteroatoms. The minimum atomic E-state index is 0.551. The van der Waals surface area contributed by atoms with Crippen molar-refractivity contribution in [1.82, 2.24) is 5.32 Å². The van der Waals surface area contributed by atoms with Crippen LogP contribution >= 0.6 is 0 Å². The highest BCUT2D eigenvalue weighted by Gasteiger charge is 2.07. The van der Waals surface area contributed by atoms with Crippen molar-refractivity contribution in [3.05, 3.63) is 47.5 Å². The maximum Gasteiger partial charge on any atom is 0.0713 e. The highest BCUT2D eigenvalue weighted by Crippen LogP contribution is 2.12. The average molecular weight is 231 g/mol. The second-order valence-corrected chi connectivity index (χ2v) is 4.60. The summed E-state index contributed by atoms with van der Waals surface area (Å²) in [4.78, 5) is 0. The van der Waals surface area contributed by atoms with Crippen LogP contribution in [0.1, 0.15) is 30.4 Å². The number of ether oxygens (including phenoxy) is 1. The van der Waals surface area contributed by atoms with Gasteiger partial charge in [-0.2, -0.15) is 0 Å². The highest BCUT2D eigenvalue weighted by atomic mass is 16.5. The van der Waals surface area contributed by atoms with Crippen molar-refractivity contribution in [2.75, 3.05) is 7.11 Å². The summed E-state index contributed by atoms with van der Waals surface area (Å²) in [5.41, 5.74) is 2.57. The normalized spacial score (nSPS) is 19.5. The summed E-state index contributed by atoms with van der Waals surface area (Å²) in [6.45, 7) is 1.63. The summed E-state index contributed by atoms with van der Waals surface area (Å²) in [5.74, 6) is 0. The van der Waals surface area contributed by atoms with Crippen LogP contribution in [-0.2, 0) is 17.9 Å². The fraction of sp³-hybridized carbons (Fsp3) is 0.467. The van der Waals surface area contributed by atoms with Gasteiger partial charge in [0.25, 0.3) is 0 Å². The molecule has 1 N–H and O–H groups in total. The van der Waals surface area contributed by atoms with Gasteiger partial charge < -0.3 is 10.1 Å². The topological polar surface area (TPSA) is 21.3 Å². The van der Waals surface area contributed by atoms with Crippen LogP contribution in [0, 0.1) is 0 Å². The van der Waals surface area contributed by atoms with Crippen LogP contribution in [0.3, 0.4) is 0 Å². The Bertz CT molecular complexity index is 373. The van der Waals surface area contributed by atoms with Gasteiger partial charge >= 0.3 is 0 Å². The molecule has 1 atom stereocenters. The van der Waals surface area contributed by atoms with Crippen LogP contribution in [0.2, 0.25) is 0 Å². The third kappa shape index (κ3) is 3.99. The summed E-state index contributed by atoms with van der Waals surface area (Å²) in [6, 6.07) is 9.13. The van der Waals surface area contributed by atoms with Gasteiger partial charge in [0.1, 0.15) is 0 Å². The van der Waals surface area contributed by atoms with E-state index in [9.17, 15) is 0 Å². The van der Waals surface area contributed by atoms with Crippen molar-refractivity contribution in [3.63, 3.8) is 0 Å². The van der Waals surface area contributed by atoms with Crippen molar-refractivity contribution in [1.29, 1.82) is 0 Å². The molecule has 1 aromatic rings. The smallest absolute Gasteiger partial charge is 0.0713 e. The maximum atomic E-state index is 5.15. The summed E-state index contributed by atoms with van der Waals surface area (Å²) in [6.07, 6.45) is 8.37. The standard InChI is InChI=1S/C15H21NO/c1-17-12-14-7-5-6-13(10-14)11-16-15-8-3-2-4-9-15/h3,5-8,10,15-16H,2,4,9,11-12H2,1H3. The third-order valence-electron chi connectivity index (χ3n) is 3.13. The van der Waals surface area contributed by atoms with Crippen LogP contribution in [0.15, 0.2) is 36.4 Å². The Morgan fingerprint density at radius 3 is 3.00 bits per heavy atom. The molecule has 0 radical (unpaired) electrons. The van der Waals surface area contributed by atoms with Crippen molar-refractivity contribution in [2.45, 2.75) is 38.5 Å². The monoisotopic (exact) mass is 231 g/mol. The lowest BCUT2D eigenvalue weighted by molar-refractivity contribution is 0.185. The Morgan fingerprint density at radius 2 is 2.24 bits per heavy atom. The molecule has 2 rings (SSSR count). The number of nitrogens with one attached hydrogen (secondary N) is 1. The predicted molar refractivity (Wildman–Crippen MR) is 70.8 cm³/mol. The molecule has 1 aliphatic rings. The molecule has 0 amide bonds. The quantitative estimate of drug-likeness (QED) is 0.786. The molecule has 1 aromatic carbocycles. The molecule has 0 fully saturated rings. The lowest BCUT2D eigenvalue weighted by Crippen LogP contribution is -2.27. The summed E-state index contributed by atoms with van der Waals surface area (Å²) in [5, 5.41) is 3.58. The number of benzene rings is 1. The van der Waals surface area contributed by atoms with Gasteiger partial charge in [0.2, 0.25) is 0 Å². The van der Waals surface area contributed by atoms with E-state index >= 15 is 0 Å². The molecule has 92 valence electrons. The second kappa shape index (κ2) is 6.58. The van der Waals surface area contributed by atoms with Gasteiger partial charge in [-0.15, -0.1) is 0 Å². The first-order valence-corrected chi connectivity index (χ1v) is 6.35. The third-order valence-corrected chi connectivity index (χ3v) is 3.13. The Hall–Kier alpha value is -1.12. The van der Waals surface area contributed by atoms with E-state index < -0.39 is 0 Å². The summed E-state index contributed by atoms with van der Waals surface area (Å²) >= 11 is 0. The first kappa shape index (κ1) is 12.3. The van der Waals surface area contributed by atoms with Crippen molar-refractivity contribution < 1.29 is 4.74 Å². The van der Waals surface area contributed by atoms with E-state index in [0.29, 0.717) is 12.6 Å². The first-order valence-electron chi connectivity index (χ1n) is 6.35. The summed E-state index contributed by atoms with van der Waals surface area (Å²) in [7, 11) is 1.73. The van der Waals surface area contributed by atoms with E-state index in [-0.39, 0.29) is 0 Å². The number of hydrogen-bond acceptors (Lipinski definition) is 2. The van der Waals surface area contributed by atoms with E-state index in [1.165, 1.54) is 30.4 Å². The van der Waals surface area contributed by atoms with Gasteiger partial charge in [0.15, 0.2) is 0 Å². The average Bonchev–Trinajstić information content (AvgIpc) is 2.39. The van der Waals surface area contributed by atoms with Crippen LogP contribution in [-0.4, -0.2) is 13.2 Å². The second-order valence-electron chi connectivity index (χ2n) is 4.60. The van der Waals surface area contributed by atoms with Crippen LogP contribution in [0.5, 0.6) is 0 Å². The largest absolute Gasteiger partial charge is 0.380 e. The molecule has 0 saturated carbocycles. The molecule has 0 bridgehead atoms. The number of methoxy groups -OCH3 is 1. The zero-order valence-corrected chi connectivity index (χ0v) is 10.5. The molecule has 2 nitrogen and oxygen atoms in total. The Labute approximate surface area is 104 Å². The number of allylic oxidation sites excluding steroid dienone is 1. The van der Waals surface area contributed by atoms with Gasteiger partial charge in [-0.05, 0) is 30.4 Å². The van der Waals surface area contributed by atoms with E-state index in [1.807, 2.05) is 0 Å². The minimum absolute atomic E-state index is 0.551. The van der Waals surface area contributed by atoms with Gasteiger partial charge in [-0.25, -0.2) is 0 Å². The van der Waals surface area contributed by atoms with E-state index in [4.69, 9.17) is 4.74 Å².